The average Bonchev–Trinajstić information content (AvgIpc) is 2.77. The van der Waals surface area contributed by atoms with Crippen LogP contribution in [-0.4, -0.2) is 10.1 Å². The molecule has 0 saturated carbocycles. The molecule has 0 fully saturated rings. The lowest BCUT2D eigenvalue weighted by molar-refractivity contribution is -0.137. The Morgan fingerprint density at radius 1 is 1.22 bits per heavy atom. The van der Waals surface area contributed by atoms with Crippen molar-refractivity contribution in [1.82, 2.24) is 10.1 Å². The summed E-state index contributed by atoms with van der Waals surface area (Å²) >= 11 is 0. The first-order chi connectivity index (χ1) is 8.38. The van der Waals surface area contributed by atoms with Crippen molar-refractivity contribution in [3.05, 3.63) is 35.7 Å². The Bertz CT molecular complexity index is 531. The van der Waals surface area contributed by atoms with E-state index in [4.69, 9.17) is 10.3 Å². The highest BCUT2D eigenvalue weighted by Gasteiger charge is 2.30. The first-order valence-electron chi connectivity index (χ1n) is 5.15. The van der Waals surface area contributed by atoms with Crippen molar-refractivity contribution in [2.75, 3.05) is 0 Å². The number of aromatic nitrogens is 2. The number of hydrogen-bond acceptors (Lipinski definition) is 4. The Morgan fingerprint density at radius 3 is 2.28 bits per heavy atom. The number of nitrogens with zero attached hydrogens (tertiary/aromatic N) is 2. The molecule has 1 atom stereocenters. The van der Waals surface area contributed by atoms with Gasteiger partial charge in [-0.15, -0.1) is 0 Å². The maximum atomic E-state index is 12.4. The third kappa shape index (κ3) is 2.51. The van der Waals surface area contributed by atoms with Gasteiger partial charge in [0.25, 0.3) is 0 Å². The summed E-state index contributed by atoms with van der Waals surface area (Å²) in [6.07, 6.45) is -4.35. The van der Waals surface area contributed by atoms with Crippen LogP contribution in [0.3, 0.4) is 0 Å². The molecule has 0 saturated heterocycles. The molecule has 4 nitrogen and oxygen atoms in total. The van der Waals surface area contributed by atoms with E-state index in [-0.39, 0.29) is 11.7 Å². The fraction of sp³-hybridized carbons (Fsp3) is 0.273. The van der Waals surface area contributed by atoms with Crippen molar-refractivity contribution in [3.63, 3.8) is 0 Å². The van der Waals surface area contributed by atoms with Gasteiger partial charge >= 0.3 is 6.18 Å². The van der Waals surface area contributed by atoms with E-state index in [1.807, 2.05) is 0 Å². The number of alkyl halides is 3. The fourth-order valence-electron chi connectivity index (χ4n) is 1.35. The second kappa shape index (κ2) is 4.41. The molecule has 0 radical (unpaired) electrons. The van der Waals surface area contributed by atoms with Crippen LogP contribution in [0.15, 0.2) is 28.8 Å². The van der Waals surface area contributed by atoms with Crippen LogP contribution in [-0.2, 0) is 6.18 Å². The summed E-state index contributed by atoms with van der Waals surface area (Å²) < 4.78 is 42.0. The van der Waals surface area contributed by atoms with E-state index in [1.165, 1.54) is 12.1 Å². The number of benzene rings is 1. The highest BCUT2D eigenvalue weighted by Crippen LogP contribution is 2.30. The van der Waals surface area contributed by atoms with Gasteiger partial charge in [0.2, 0.25) is 11.7 Å². The minimum Gasteiger partial charge on any atom is -0.337 e. The fourth-order valence-corrected chi connectivity index (χ4v) is 1.35. The molecule has 0 bridgehead atoms. The maximum absolute atomic E-state index is 12.4. The Kier molecular flexibility index (Phi) is 3.08. The van der Waals surface area contributed by atoms with Crippen molar-refractivity contribution in [3.8, 4) is 11.4 Å². The summed E-state index contributed by atoms with van der Waals surface area (Å²) in [5, 5.41) is 3.65. The van der Waals surface area contributed by atoms with E-state index in [2.05, 4.69) is 10.1 Å². The molecule has 7 heteroatoms. The molecule has 2 rings (SSSR count). The summed E-state index contributed by atoms with van der Waals surface area (Å²) in [5.74, 6) is 0.459. The van der Waals surface area contributed by atoms with Crippen LogP contribution in [0.25, 0.3) is 11.4 Å². The number of nitrogens with two attached hydrogens (primary N) is 1. The number of hydrogen-bond donors (Lipinski definition) is 1. The summed E-state index contributed by atoms with van der Waals surface area (Å²) in [4.78, 5) is 3.99. The lowest BCUT2D eigenvalue weighted by Crippen LogP contribution is -2.05. The smallest absolute Gasteiger partial charge is 0.337 e. The van der Waals surface area contributed by atoms with E-state index in [0.717, 1.165) is 12.1 Å². The van der Waals surface area contributed by atoms with Gasteiger partial charge in [0, 0.05) is 5.56 Å². The topological polar surface area (TPSA) is 64.9 Å². The van der Waals surface area contributed by atoms with Crippen LogP contribution in [0.2, 0.25) is 0 Å². The maximum Gasteiger partial charge on any atom is 0.416 e. The van der Waals surface area contributed by atoms with Crippen LogP contribution in [0.5, 0.6) is 0 Å². The molecular weight excluding hydrogens is 247 g/mol. The zero-order valence-electron chi connectivity index (χ0n) is 9.40. The van der Waals surface area contributed by atoms with Crippen molar-refractivity contribution in [2.45, 2.75) is 19.1 Å². The minimum atomic E-state index is -4.35. The number of rotatable bonds is 2. The van der Waals surface area contributed by atoms with Crippen LogP contribution in [0, 0.1) is 0 Å². The first kappa shape index (κ1) is 12.6. The van der Waals surface area contributed by atoms with Gasteiger partial charge in [0.15, 0.2) is 0 Å². The lowest BCUT2D eigenvalue weighted by atomic mass is 10.1. The third-order valence-corrected chi connectivity index (χ3v) is 2.30. The molecule has 0 aliphatic rings. The van der Waals surface area contributed by atoms with Gasteiger partial charge in [0.05, 0.1) is 11.6 Å². The second-order valence-electron chi connectivity index (χ2n) is 3.82. The van der Waals surface area contributed by atoms with Gasteiger partial charge in [-0.25, -0.2) is 0 Å². The molecule has 18 heavy (non-hydrogen) atoms. The molecule has 0 aliphatic carbocycles. The van der Waals surface area contributed by atoms with Crippen LogP contribution >= 0.6 is 0 Å². The summed E-state index contributed by atoms with van der Waals surface area (Å²) in [5.41, 5.74) is 5.26. The largest absolute Gasteiger partial charge is 0.416 e. The van der Waals surface area contributed by atoms with E-state index >= 15 is 0 Å². The molecular formula is C11H10F3N3O. The summed E-state index contributed by atoms with van der Waals surface area (Å²) in [6, 6.07) is 4.10. The summed E-state index contributed by atoms with van der Waals surface area (Å²) in [6.45, 7) is 1.67. The molecule has 0 aliphatic heterocycles. The Hall–Kier alpha value is -1.89. The monoisotopic (exact) mass is 257 g/mol. The lowest BCUT2D eigenvalue weighted by Gasteiger charge is -2.05. The third-order valence-electron chi connectivity index (χ3n) is 2.30. The van der Waals surface area contributed by atoms with Crippen LogP contribution in [0.1, 0.15) is 24.4 Å². The van der Waals surface area contributed by atoms with Gasteiger partial charge in [-0.1, -0.05) is 17.3 Å². The first-order valence-corrected chi connectivity index (χ1v) is 5.15. The van der Waals surface area contributed by atoms with Crippen LogP contribution < -0.4 is 5.73 Å². The zero-order valence-corrected chi connectivity index (χ0v) is 9.40. The van der Waals surface area contributed by atoms with Gasteiger partial charge in [0.1, 0.15) is 0 Å². The molecule has 0 spiro atoms. The second-order valence-corrected chi connectivity index (χ2v) is 3.82. The Balaban J connectivity index is 2.29. The summed E-state index contributed by atoms with van der Waals surface area (Å²) in [7, 11) is 0. The SMILES string of the molecule is CC(N)c1nc(-c2ccc(C(F)(F)F)cc2)no1. The molecule has 1 heterocycles. The molecule has 2 N–H and O–H groups in total. The van der Waals surface area contributed by atoms with Crippen molar-refractivity contribution in [2.24, 2.45) is 5.73 Å². The zero-order chi connectivity index (χ0) is 13.3. The number of halogens is 3. The van der Waals surface area contributed by atoms with Crippen LogP contribution in [0.4, 0.5) is 13.2 Å². The molecule has 0 amide bonds. The van der Waals surface area contributed by atoms with Gasteiger partial charge in [-0.2, -0.15) is 18.2 Å². The van der Waals surface area contributed by atoms with Gasteiger partial charge in [-0.3, -0.25) is 0 Å². The quantitative estimate of drug-likeness (QED) is 0.898. The highest BCUT2D eigenvalue weighted by molar-refractivity contribution is 5.54. The standard InChI is InChI=1S/C11H10F3N3O/c1-6(15)10-16-9(17-18-10)7-2-4-8(5-3-7)11(12,13)14/h2-6H,15H2,1H3. The molecule has 1 aromatic carbocycles. The van der Waals surface area contributed by atoms with E-state index in [0.29, 0.717) is 5.56 Å². The molecule has 2 aromatic rings. The van der Waals surface area contributed by atoms with E-state index in [1.54, 1.807) is 6.92 Å². The molecule has 1 aromatic heterocycles. The molecule has 1 unspecified atom stereocenters. The normalized spacial score (nSPS) is 13.6. The minimum absolute atomic E-state index is 0.219. The van der Waals surface area contributed by atoms with Gasteiger partial charge in [-0.05, 0) is 19.1 Å². The average molecular weight is 257 g/mol. The Morgan fingerprint density at radius 2 is 1.83 bits per heavy atom. The highest BCUT2D eigenvalue weighted by atomic mass is 19.4. The molecule has 96 valence electrons. The predicted molar refractivity (Wildman–Crippen MR) is 57.3 cm³/mol. The predicted octanol–water partition coefficient (Wildman–Crippen LogP) is 2.78. The Labute approximate surface area is 101 Å². The van der Waals surface area contributed by atoms with Crippen molar-refractivity contribution in [1.29, 1.82) is 0 Å². The van der Waals surface area contributed by atoms with E-state index in [9.17, 15) is 13.2 Å². The van der Waals surface area contributed by atoms with E-state index < -0.39 is 17.8 Å². The van der Waals surface area contributed by atoms with Gasteiger partial charge < -0.3 is 10.3 Å². The van der Waals surface area contributed by atoms with Crippen molar-refractivity contribution >= 4 is 0 Å². The van der Waals surface area contributed by atoms with Crippen molar-refractivity contribution < 1.29 is 17.7 Å².